The lowest BCUT2D eigenvalue weighted by atomic mass is 10.4. The second-order valence-corrected chi connectivity index (χ2v) is 5.34. The van der Waals surface area contributed by atoms with Crippen molar-refractivity contribution < 1.29 is 4.39 Å². The molecular formula is C10H12FS+. The highest BCUT2D eigenvalue weighted by molar-refractivity contribution is 7.97. The maximum atomic E-state index is 12.8. The zero-order valence-corrected chi connectivity index (χ0v) is 7.74. The maximum absolute atomic E-state index is 12.8. The average Bonchev–Trinajstić information content (AvgIpc) is 2.56. The van der Waals surface area contributed by atoms with E-state index in [0.29, 0.717) is 10.9 Å². The van der Waals surface area contributed by atoms with Gasteiger partial charge in [0.1, 0.15) is 17.3 Å². The molecule has 0 nitrogen and oxygen atoms in total. The fourth-order valence-corrected chi connectivity index (χ4v) is 3.87. The third-order valence-electron chi connectivity index (χ3n) is 2.16. The molecule has 2 rings (SSSR count). The molecule has 12 heavy (non-hydrogen) atoms. The van der Waals surface area contributed by atoms with Gasteiger partial charge in [0.25, 0.3) is 0 Å². The van der Waals surface area contributed by atoms with Crippen LogP contribution in [0.3, 0.4) is 0 Å². The average molecular weight is 183 g/mol. The van der Waals surface area contributed by atoms with Gasteiger partial charge in [-0.05, 0) is 25.0 Å². The van der Waals surface area contributed by atoms with E-state index >= 15 is 0 Å². The first-order valence-electron chi connectivity index (χ1n) is 4.29. The Hall–Kier alpha value is -0.500. The summed E-state index contributed by atoms with van der Waals surface area (Å²) in [6, 6.07) is 7.07. The fourth-order valence-electron chi connectivity index (χ4n) is 1.54. The lowest BCUT2D eigenvalue weighted by molar-refractivity contribution is 0.624. The second-order valence-electron chi connectivity index (χ2n) is 3.07. The van der Waals surface area contributed by atoms with Crippen LogP contribution in [0.15, 0.2) is 29.2 Å². The van der Waals surface area contributed by atoms with Crippen molar-refractivity contribution in [3.8, 4) is 0 Å². The summed E-state index contributed by atoms with van der Waals surface area (Å²) >= 11 is 0. The maximum Gasteiger partial charge on any atom is 0.157 e. The van der Waals surface area contributed by atoms with Gasteiger partial charge in [-0.1, -0.05) is 6.07 Å². The van der Waals surface area contributed by atoms with Crippen LogP contribution >= 0.6 is 0 Å². The van der Waals surface area contributed by atoms with Gasteiger partial charge in [-0.3, -0.25) is 0 Å². The highest BCUT2D eigenvalue weighted by atomic mass is 32.2. The lowest BCUT2D eigenvalue weighted by Crippen LogP contribution is -2.03. The molecule has 1 aliphatic heterocycles. The second kappa shape index (κ2) is 3.48. The van der Waals surface area contributed by atoms with Crippen molar-refractivity contribution in [3.05, 3.63) is 30.1 Å². The minimum Gasteiger partial charge on any atom is -0.207 e. The van der Waals surface area contributed by atoms with Crippen molar-refractivity contribution in [2.45, 2.75) is 17.7 Å². The van der Waals surface area contributed by atoms with Crippen LogP contribution in [0.1, 0.15) is 12.8 Å². The number of rotatable bonds is 1. The molecule has 2 heteroatoms. The minimum atomic E-state index is -0.0908. The normalized spacial score (nSPS) is 18.4. The Bertz CT molecular complexity index is 266. The summed E-state index contributed by atoms with van der Waals surface area (Å²) < 4.78 is 12.8. The van der Waals surface area contributed by atoms with Crippen molar-refractivity contribution in [2.24, 2.45) is 0 Å². The third kappa shape index (κ3) is 1.63. The highest BCUT2D eigenvalue weighted by Crippen LogP contribution is 2.22. The van der Waals surface area contributed by atoms with E-state index in [1.807, 2.05) is 6.07 Å². The van der Waals surface area contributed by atoms with Gasteiger partial charge in [0, 0.05) is 17.0 Å². The van der Waals surface area contributed by atoms with Crippen molar-refractivity contribution in [1.29, 1.82) is 0 Å². The zero-order chi connectivity index (χ0) is 8.39. The van der Waals surface area contributed by atoms with E-state index in [2.05, 4.69) is 6.07 Å². The molecular weight excluding hydrogens is 171 g/mol. The molecule has 1 heterocycles. The molecule has 0 radical (unpaired) electrons. The summed E-state index contributed by atoms with van der Waals surface area (Å²) in [6.45, 7) is 0. The first-order chi connectivity index (χ1) is 5.86. The molecule has 0 atom stereocenters. The summed E-state index contributed by atoms with van der Waals surface area (Å²) in [5.74, 6) is 2.44. The Morgan fingerprint density at radius 1 is 1.17 bits per heavy atom. The molecule has 1 fully saturated rings. The molecule has 64 valence electrons. The Kier molecular flexibility index (Phi) is 2.35. The molecule has 1 saturated heterocycles. The van der Waals surface area contributed by atoms with Crippen LogP contribution in [0.5, 0.6) is 0 Å². The van der Waals surface area contributed by atoms with Crippen LogP contribution in [0.2, 0.25) is 0 Å². The monoisotopic (exact) mass is 183 g/mol. The molecule has 0 bridgehead atoms. The molecule has 0 aliphatic carbocycles. The fraction of sp³-hybridized carbons (Fsp3) is 0.400. The Morgan fingerprint density at radius 2 is 1.92 bits per heavy atom. The zero-order valence-electron chi connectivity index (χ0n) is 6.92. The van der Waals surface area contributed by atoms with E-state index in [1.54, 1.807) is 6.07 Å². The highest BCUT2D eigenvalue weighted by Gasteiger charge is 2.26. The van der Waals surface area contributed by atoms with Crippen LogP contribution in [-0.2, 0) is 10.9 Å². The first kappa shape index (κ1) is 8.11. The summed E-state index contributed by atoms with van der Waals surface area (Å²) in [7, 11) is 0.359. The number of hydrogen-bond donors (Lipinski definition) is 0. The van der Waals surface area contributed by atoms with Crippen molar-refractivity contribution >= 4 is 10.9 Å². The van der Waals surface area contributed by atoms with Gasteiger partial charge < -0.3 is 0 Å². The van der Waals surface area contributed by atoms with E-state index in [4.69, 9.17) is 0 Å². The van der Waals surface area contributed by atoms with Crippen molar-refractivity contribution in [2.75, 3.05) is 11.5 Å². The largest absolute Gasteiger partial charge is 0.207 e. The van der Waals surface area contributed by atoms with E-state index in [-0.39, 0.29) is 5.82 Å². The molecule has 1 aromatic rings. The van der Waals surface area contributed by atoms with E-state index in [9.17, 15) is 4.39 Å². The molecule has 0 N–H and O–H groups in total. The van der Waals surface area contributed by atoms with Gasteiger partial charge in [-0.2, -0.15) is 0 Å². The van der Waals surface area contributed by atoms with Crippen molar-refractivity contribution in [3.63, 3.8) is 0 Å². The molecule has 0 amide bonds. The molecule has 1 aliphatic rings. The number of benzene rings is 1. The van der Waals surface area contributed by atoms with Crippen LogP contribution in [0.25, 0.3) is 0 Å². The smallest absolute Gasteiger partial charge is 0.157 e. The van der Waals surface area contributed by atoms with Crippen LogP contribution in [-0.4, -0.2) is 11.5 Å². The van der Waals surface area contributed by atoms with Gasteiger partial charge in [0.15, 0.2) is 4.90 Å². The standard InChI is InChI=1S/C10H12FS/c11-9-4-3-5-10(8-9)12-6-1-2-7-12/h3-5,8H,1-2,6-7H2/q+1. The van der Waals surface area contributed by atoms with Crippen molar-refractivity contribution in [1.82, 2.24) is 0 Å². The van der Waals surface area contributed by atoms with Gasteiger partial charge in [0.05, 0.1) is 0 Å². The number of halogens is 1. The third-order valence-corrected chi connectivity index (χ3v) is 4.64. The Morgan fingerprint density at radius 3 is 2.58 bits per heavy atom. The van der Waals surface area contributed by atoms with E-state index < -0.39 is 0 Å². The number of hydrogen-bond acceptors (Lipinski definition) is 0. The summed E-state index contributed by atoms with van der Waals surface area (Å²) in [4.78, 5) is 1.22. The SMILES string of the molecule is Fc1cccc([S+]2CCCC2)c1. The Balaban J connectivity index is 2.21. The Labute approximate surface area is 75.1 Å². The minimum absolute atomic E-state index is 0.0908. The molecule has 1 aromatic carbocycles. The topological polar surface area (TPSA) is 0 Å². The molecule has 0 unspecified atom stereocenters. The molecule has 0 aromatic heterocycles. The lowest BCUT2D eigenvalue weighted by Gasteiger charge is -1.98. The van der Waals surface area contributed by atoms with Gasteiger partial charge in [-0.15, -0.1) is 0 Å². The van der Waals surface area contributed by atoms with E-state index in [0.717, 1.165) is 0 Å². The first-order valence-corrected chi connectivity index (χ1v) is 5.85. The van der Waals surface area contributed by atoms with Gasteiger partial charge in [-0.25, -0.2) is 4.39 Å². The predicted octanol–water partition coefficient (Wildman–Crippen LogP) is 2.60. The van der Waals surface area contributed by atoms with Gasteiger partial charge >= 0.3 is 0 Å². The molecule has 0 saturated carbocycles. The van der Waals surface area contributed by atoms with Crippen LogP contribution in [0.4, 0.5) is 4.39 Å². The summed E-state index contributed by atoms with van der Waals surface area (Å²) in [6.07, 6.45) is 2.64. The summed E-state index contributed by atoms with van der Waals surface area (Å²) in [5.41, 5.74) is 0. The predicted molar refractivity (Wildman–Crippen MR) is 51.0 cm³/mol. The molecule has 0 spiro atoms. The van der Waals surface area contributed by atoms with Gasteiger partial charge in [0.2, 0.25) is 0 Å². The van der Waals surface area contributed by atoms with Crippen LogP contribution in [0, 0.1) is 5.82 Å². The van der Waals surface area contributed by atoms with E-state index in [1.165, 1.54) is 35.3 Å². The van der Waals surface area contributed by atoms with Crippen LogP contribution < -0.4 is 0 Å². The quantitative estimate of drug-likeness (QED) is 0.587. The summed E-state index contributed by atoms with van der Waals surface area (Å²) in [5, 5.41) is 0.